The molecule has 16 heavy (non-hydrogen) atoms. The van der Waals surface area contributed by atoms with Gasteiger partial charge in [0, 0.05) is 0 Å². The fraction of sp³-hybridized carbons (Fsp3) is 0.143. The highest BCUT2D eigenvalue weighted by Gasteiger charge is 2.08. The molecule has 0 atom stereocenters. The van der Waals surface area contributed by atoms with Crippen molar-refractivity contribution in [1.29, 1.82) is 0 Å². The zero-order valence-electron chi connectivity index (χ0n) is 9.14. The molecule has 0 spiro atoms. The quantitative estimate of drug-likeness (QED) is 0.572. The molecule has 2 aromatic carbocycles. The minimum absolute atomic E-state index is 1.07. The molecule has 0 aliphatic heterocycles. The summed E-state index contributed by atoms with van der Waals surface area (Å²) in [5.74, 6) is 0. The Bertz CT molecular complexity index is 372. The molecule has 82 valence electrons. The van der Waals surface area contributed by atoms with Crippen molar-refractivity contribution in [2.45, 2.75) is 12.1 Å². The molecular weight excluding hydrogens is 232 g/mol. The third-order valence-corrected chi connectivity index (χ3v) is 5.35. The fourth-order valence-corrected chi connectivity index (χ4v) is 4.59. The maximum Gasteiger partial charge on any atom is 0.149 e. The van der Waals surface area contributed by atoms with Crippen LogP contribution in [0.3, 0.4) is 0 Å². The normalized spacial score (nSPS) is 10.6. The van der Waals surface area contributed by atoms with Crippen LogP contribution in [0.4, 0.5) is 0 Å². The first-order valence-electron chi connectivity index (χ1n) is 5.56. The average molecular weight is 247 g/mol. The standard InChI is InChI=1S/C14H15ClSi/c15-16(11-13-7-3-1-4-8-13)12-14-9-5-2-6-10-14/h1-10,16H,11-12H2. The zero-order valence-corrected chi connectivity index (χ0v) is 11.1. The highest BCUT2D eigenvalue weighted by molar-refractivity contribution is 7.06. The van der Waals surface area contributed by atoms with E-state index in [2.05, 4.69) is 48.5 Å². The molecule has 2 heteroatoms. The van der Waals surface area contributed by atoms with Gasteiger partial charge in [-0.05, 0) is 23.2 Å². The molecule has 0 bridgehead atoms. The van der Waals surface area contributed by atoms with Crippen molar-refractivity contribution in [3.63, 3.8) is 0 Å². The van der Waals surface area contributed by atoms with E-state index in [-0.39, 0.29) is 0 Å². The van der Waals surface area contributed by atoms with Crippen LogP contribution in [-0.4, -0.2) is 8.11 Å². The summed E-state index contributed by atoms with van der Waals surface area (Å²) < 4.78 is 0. The second kappa shape index (κ2) is 5.88. The summed E-state index contributed by atoms with van der Waals surface area (Å²) >= 11 is 6.49. The van der Waals surface area contributed by atoms with Gasteiger partial charge in [-0.15, -0.1) is 0 Å². The molecule has 2 aromatic rings. The van der Waals surface area contributed by atoms with Crippen LogP contribution in [-0.2, 0) is 12.1 Å². The van der Waals surface area contributed by atoms with Crippen LogP contribution in [0.5, 0.6) is 0 Å². The van der Waals surface area contributed by atoms with E-state index in [1.807, 2.05) is 12.1 Å². The lowest BCUT2D eigenvalue weighted by Crippen LogP contribution is -2.13. The average Bonchev–Trinajstić information content (AvgIpc) is 2.31. The third kappa shape index (κ3) is 3.51. The maximum absolute atomic E-state index is 6.49. The van der Waals surface area contributed by atoms with Crippen molar-refractivity contribution in [2.75, 3.05) is 0 Å². The fourth-order valence-electron chi connectivity index (χ4n) is 1.81. The molecule has 0 fully saturated rings. The van der Waals surface area contributed by atoms with Crippen LogP contribution < -0.4 is 0 Å². The Kier molecular flexibility index (Phi) is 4.20. The number of halogens is 1. The molecule has 2 rings (SSSR count). The molecule has 0 aliphatic carbocycles. The summed E-state index contributed by atoms with van der Waals surface area (Å²) in [7, 11) is -1.18. The van der Waals surface area contributed by atoms with E-state index in [4.69, 9.17) is 11.1 Å². The Labute approximate surface area is 103 Å². The van der Waals surface area contributed by atoms with Gasteiger partial charge in [0.05, 0.1) is 0 Å². The summed E-state index contributed by atoms with van der Waals surface area (Å²) in [4.78, 5) is 0. The van der Waals surface area contributed by atoms with Crippen molar-refractivity contribution < 1.29 is 0 Å². The molecule has 0 radical (unpaired) electrons. The first-order valence-corrected chi connectivity index (χ1v) is 8.94. The maximum atomic E-state index is 6.49. The second-order valence-corrected chi connectivity index (χ2v) is 7.84. The Morgan fingerprint density at radius 1 is 0.688 bits per heavy atom. The number of hydrogen-bond donors (Lipinski definition) is 0. The SMILES string of the molecule is Cl[SiH](Cc1ccccc1)Cc1ccccc1. The Balaban J connectivity index is 1.92. The molecule has 0 saturated carbocycles. The highest BCUT2D eigenvalue weighted by atomic mass is 35.6. The van der Waals surface area contributed by atoms with Crippen LogP contribution in [0.2, 0.25) is 0 Å². The molecule has 0 unspecified atom stereocenters. The van der Waals surface area contributed by atoms with E-state index in [9.17, 15) is 0 Å². The lowest BCUT2D eigenvalue weighted by Gasteiger charge is -2.07. The smallest absolute Gasteiger partial charge is 0.149 e. The van der Waals surface area contributed by atoms with Crippen LogP contribution >= 0.6 is 11.1 Å². The van der Waals surface area contributed by atoms with Gasteiger partial charge in [0.25, 0.3) is 0 Å². The lowest BCUT2D eigenvalue weighted by molar-refractivity contribution is 1.29. The molecule has 0 nitrogen and oxygen atoms in total. The van der Waals surface area contributed by atoms with Gasteiger partial charge in [-0.2, -0.15) is 11.1 Å². The summed E-state index contributed by atoms with van der Waals surface area (Å²) in [5, 5.41) is 0. The van der Waals surface area contributed by atoms with Crippen LogP contribution in [0.25, 0.3) is 0 Å². The molecule has 0 heterocycles. The molecule has 0 aliphatic rings. The Morgan fingerprint density at radius 2 is 1.06 bits per heavy atom. The van der Waals surface area contributed by atoms with Gasteiger partial charge in [0.1, 0.15) is 8.11 Å². The van der Waals surface area contributed by atoms with Gasteiger partial charge in [-0.1, -0.05) is 60.7 Å². The van der Waals surface area contributed by atoms with E-state index in [1.165, 1.54) is 11.1 Å². The molecule has 0 amide bonds. The molecule has 0 saturated heterocycles. The van der Waals surface area contributed by atoms with Gasteiger partial charge in [0.2, 0.25) is 0 Å². The van der Waals surface area contributed by atoms with Crippen molar-refractivity contribution in [1.82, 2.24) is 0 Å². The minimum Gasteiger partial charge on any atom is -0.171 e. The van der Waals surface area contributed by atoms with Gasteiger partial charge >= 0.3 is 0 Å². The van der Waals surface area contributed by atoms with E-state index < -0.39 is 8.11 Å². The number of rotatable bonds is 4. The van der Waals surface area contributed by atoms with Crippen LogP contribution in [0.15, 0.2) is 60.7 Å². The van der Waals surface area contributed by atoms with E-state index in [0.717, 1.165) is 12.1 Å². The van der Waals surface area contributed by atoms with Crippen molar-refractivity contribution in [3.8, 4) is 0 Å². The van der Waals surface area contributed by atoms with Crippen LogP contribution in [0, 0.1) is 0 Å². The first-order chi connectivity index (χ1) is 7.84. The van der Waals surface area contributed by atoms with Gasteiger partial charge < -0.3 is 0 Å². The molecular formula is C14H15ClSi. The minimum atomic E-state index is -1.18. The largest absolute Gasteiger partial charge is 0.171 e. The van der Waals surface area contributed by atoms with E-state index >= 15 is 0 Å². The summed E-state index contributed by atoms with van der Waals surface area (Å²) in [5.41, 5.74) is 2.73. The summed E-state index contributed by atoms with van der Waals surface area (Å²) in [6.45, 7) is 0. The van der Waals surface area contributed by atoms with Gasteiger partial charge in [-0.25, -0.2) is 0 Å². The highest BCUT2D eigenvalue weighted by Crippen LogP contribution is 2.10. The van der Waals surface area contributed by atoms with E-state index in [1.54, 1.807) is 0 Å². The lowest BCUT2D eigenvalue weighted by atomic mass is 10.2. The predicted molar refractivity (Wildman–Crippen MR) is 73.3 cm³/mol. The first kappa shape index (κ1) is 11.4. The Morgan fingerprint density at radius 3 is 1.44 bits per heavy atom. The third-order valence-electron chi connectivity index (χ3n) is 2.60. The molecule has 0 N–H and O–H groups in total. The second-order valence-electron chi connectivity index (χ2n) is 3.98. The van der Waals surface area contributed by atoms with E-state index in [0.29, 0.717) is 0 Å². The topological polar surface area (TPSA) is 0 Å². The van der Waals surface area contributed by atoms with Gasteiger partial charge in [-0.3, -0.25) is 0 Å². The summed E-state index contributed by atoms with van der Waals surface area (Å²) in [6.07, 6.45) is 0. The van der Waals surface area contributed by atoms with Crippen molar-refractivity contribution >= 4 is 19.2 Å². The molecule has 0 aromatic heterocycles. The van der Waals surface area contributed by atoms with Gasteiger partial charge in [0.15, 0.2) is 0 Å². The van der Waals surface area contributed by atoms with Crippen LogP contribution in [0.1, 0.15) is 11.1 Å². The summed E-state index contributed by atoms with van der Waals surface area (Å²) in [6, 6.07) is 23.2. The Hall–Kier alpha value is -1.05. The predicted octanol–water partition coefficient (Wildman–Crippen LogP) is 3.51. The monoisotopic (exact) mass is 246 g/mol. The zero-order chi connectivity index (χ0) is 11.2. The number of benzene rings is 2. The van der Waals surface area contributed by atoms with Crippen molar-refractivity contribution in [3.05, 3.63) is 71.8 Å². The van der Waals surface area contributed by atoms with Crippen molar-refractivity contribution in [2.24, 2.45) is 0 Å². The number of hydrogen-bond acceptors (Lipinski definition) is 0.